The van der Waals surface area contributed by atoms with E-state index in [0.717, 1.165) is 43.1 Å². The highest BCUT2D eigenvalue weighted by Crippen LogP contribution is 2.25. The van der Waals surface area contributed by atoms with E-state index in [2.05, 4.69) is 26.6 Å². The Kier molecular flexibility index (Phi) is 4.28. The minimum absolute atomic E-state index is 0.0577. The van der Waals surface area contributed by atoms with E-state index >= 15 is 0 Å². The monoisotopic (exact) mass is 350 g/mol. The number of hydrogen-bond donors (Lipinski definition) is 0. The minimum atomic E-state index is 0.0577. The number of aromatic nitrogens is 5. The fourth-order valence-electron chi connectivity index (χ4n) is 3.59. The summed E-state index contributed by atoms with van der Waals surface area (Å²) in [6, 6.07) is 5.72. The predicted octanol–water partition coefficient (Wildman–Crippen LogP) is 2.15. The average Bonchev–Trinajstić information content (AvgIpc) is 3.37. The number of carbonyl (C=O) groups excluding carboxylic acids is 1. The standard InChI is InChI=1S/C19H22N6O/c1-14-10-21-18(16-4-3-7-20-11-16)25(14)13-15-6-9-24(12-15)19(26)17-5-8-22-23(17)2/h3-5,7-8,10-11,15H,6,9,12-13H2,1-2H3. The zero-order valence-electron chi connectivity index (χ0n) is 15.0. The van der Waals surface area contributed by atoms with Crippen LogP contribution in [-0.4, -0.2) is 48.2 Å². The number of likely N-dealkylation sites (tertiary alicyclic amines) is 1. The Hall–Kier alpha value is -2.96. The maximum absolute atomic E-state index is 12.7. The highest BCUT2D eigenvalue weighted by Gasteiger charge is 2.29. The van der Waals surface area contributed by atoms with Gasteiger partial charge in [0.2, 0.25) is 0 Å². The van der Waals surface area contributed by atoms with Gasteiger partial charge in [-0.05, 0) is 37.5 Å². The molecule has 1 amide bonds. The number of nitrogens with zero attached hydrogens (tertiary/aromatic N) is 6. The lowest BCUT2D eigenvalue weighted by atomic mass is 10.1. The smallest absolute Gasteiger partial charge is 0.272 e. The zero-order valence-corrected chi connectivity index (χ0v) is 15.0. The Bertz CT molecular complexity index is 913. The van der Waals surface area contributed by atoms with Gasteiger partial charge in [0.1, 0.15) is 11.5 Å². The Morgan fingerprint density at radius 2 is 2.15 bits per heavy atom. The first kappa shape index (κ1) is 16.5. The number of imidazole rings is 1. The van der Waals surface area contributed by atoms with Crippen molar-refractivity contribution in [2.45, 2.75) is 19.9 Å². The largest absolute Gasteiger partial charge is 0.337 e. The highest BCUT2D eigenvalue weighted by molar-refractivity contribution is 5.92. The number of pyridine rings is 1. The SMILES string of the molecule is Cc1cnc(-c2cccnc2)n1CC1CCN(C(=O)c2ccnn2C)C1. The molecule has 0 spiro atoms. The van der Waals surface area contributed by atoms with Crippen LogP contribution < -0.4 is 0 Å². The second-order valence-electron chi connectivity index (χ2n) is 6.82. The van der Waals surface area contributed by atoms with Gasteiger partial charge in [-0.25, -0.2) is 4.98 Å². The molecule has 0 radical (unpaired) electrons. The lowest BCUT2D eigenvalue weighted by Gasteiger charge is -2.18. The van der Waals surface area contributed by atoms with Crippen LogP contribution in [0.1, 0.15) is 22.6 Å². The van der Waals surface area contributed by atoms with Crippen LogP contribution in [0.2, 0.25) is 0 Å². The van der Waals surface area contributed by atoms with Crippen LogP contribution in [0.25, 0.3) is 11.4 Å². The minimum Gasteiger partial charge on any atom is -0.337 e. The first-order valence-electron chi connectivity index (χ1n) is 8.83. The zero-order chi connectivity index (χ0) is 18.1. The molecule has 0 aromatic carbocycles. The van der Waals surface area contributed by atoms with Gasteiger partial charge in [-0.15, -0.1) is 0 Å². The molecule has 134 valence electrons. The topological polar surface area (TPSA) is 68.8 Å². The van der Waals surface area contributed by atoms with E-state index in [4.69, 9.17) is 0 Å². The molecule has 26 heavy (non-hydrogen) atoms. The second kappa shape index (κ2) is 6.74. The molecule has 0 N–H and O–H groups in total. The molecule has 0 aliphatic carbocycles. The van der Waals surface area contributed by atoms with E-state index < -0.39 is 0 Å². The molecular weight excluding hydrogens is 328 g/mol. The summed E-state index contributed by atoms with van der Waals surface area (Å²) in [6.07, 6.45) is 8.16. The third-order valence-corrected chi connectivity index (χ3v) is 5.03. The van der Waals surface area contributed by atoms with Crippen LogP contribution in [0.4, 0.5) is 0 Å². The molecule has 1 saturated heterocycles. The van der Waals surface area contributed by atoms with Crippen LogP contribution in [-0.2, 0) is 13.6 Å². The van der Waals surface area contributed by atoms with Crippen molar-refractivity contribution in [1.82, 2.24) is 29.2 Å². The van der Waals surface area contributed by atoms with E-state index in [0.29, 0.717) is 11.6 Å². The Morgan fingerprint density at radius 1 is 1.27 bits per heavy atom. The molecule has 1 atom stereocenters. The quantitative estimate of drug-likeness (QED) is 0.723. The third kappa shape index (κ3) is 3.00. The summed E-state index contributed by atoms with van der Waals surface area (Å²) in [6.45, 7) is 4.46. The van der Waals surface area contributed by atoms with Gasteiger partial charge >= 0.3 is 0 Å². The van der Waals surface area contributed by atoms with Gasteiger partial charge in [-0.3, -0.25) is 14.5 Å². The van der Waals surface area contributed by atoms with Crippen molar-refractivity contribution < 1.29 is 4.79 Å². The Morgan fingerprint density at radius 3 is 2.88 bits per heavy atom. The van der Waals surface area contributed by atoms with Gasteiger partial charge in [0.25, 0.3) is 5.91 Å². The van der Waals surface area contributed by atoms with Crippen LogP contribution in [0.5, 0.6) is 0 Å². The van der Waals surface area contributed by atoms with Crippen molar-refractivity contribution >= 4 is 5.91 Å². The number of hydrogen-bond acceptors (Lipinski definition) is 4. The fourth-order valence-corrected chi connectivity index (χ4v) is 3.59. The molecule has 7 nitrogen and oxygen atoms in total. The molecule has 1 aliphatic heterocycles. The highest BCUT2D eigenvalue weighted by atomic mass is 16.2. The maximum atomic E-state index is 12.7. The van der Waals surface area contributed by atoms with Crippen molar-refractivity contribution in [1.29, 1.82) is 0 Å². The van der Waals surface area contributed by atoms with Gasteiger partial charge in [-0.2, -0.15) is 5.10 Å². The summed E-state index contributed by atoms with van der Waals surface area (Å²) in [5, 5.41) is 4.10. The lowest BCUT2D eigenvalue weighted by Crippen LogP contribution is -2.30. The summed E-state index contributed by atoms with van der Waals surface area (Å²) >= 11 is 0. The van der Waals surface area contributed by atoms with Crippen molar-refractivity contribution in [3.63, 3.8) is 0 Å². The molecule has 7 heteroatoms. The maximum Gasteiger partial charge on any atom is 0.272 e. The van der Waals surface area contributed by atoms with Gasteiger partial charge < -0.3 is 9.47 Å². The summed E-state index contributed by atoms with van der Waals surface area (Å²) in [5.74, 6) is 1.41. The van der Waals surface area contributed by atoms with Crippen molar-refractivity contribution in [3.05, 3.63) is 54.4 Å². The molecule has 0 bridgehead atoms. The molecule has 4 heterocycles. The van der Waals surface area contributed by atoms with Crippen molar-refractivity contribution in [2.75, 3.05) is 13.1 Å². The third-order valence-electron chi connectivity index (χ3n) is 5.03. The normalized spacial score (nSPS) is 17.0. The fraction of sp³-hybridized carbons (Fsp3) is 0.368. The first-order chi connectivity index (χ1) is 12.6. The molecule has 3 aromatic heterocycles. The Labute approximate surface area is 152 Å². The molecule has 1 aliphatic rings. The van der Waals surface area contributed by atoms with Crippen molar-refractivity contribution in [2.24, 2.45) is 13.0 Å². The van der Waals surface area contributed by atoms with E-state index in [1.165, 1.54) is 0 Å². The molecule has 4 rings (SSSR count). The molecular formula is C19H22N6O. The van der Waals surface area contributed by atoms with Gasteiger partial charge in [0.05, 0.1) is 0 Å². The predicted molar refractivity (Wildman–Crippen MR) is 97.4 cm³/mol. The summed E-state index contributed by atoms with van der Waals surface area (Å²) in [7, 11) is 1.80. The molecule has 0 saturated carbocycles. The van der Waals surface area contributed by atoms with Gasteiger partial charge in [0.15, 0.2) is 0 Å². The first-order valence-corrected chi connectivity index (χ1v) is 8.83. The van der Waals surface area contributed by atoms with Gasteiger partial charge in [0, 0.05) is 62.7 Å². The molecule has 1 fully saturated rings. The second-order valence-corrected chi connectivity index (χ2v) is 6.82. The van der Waals surface area contributed by atoms with Crippen LogP contribution >= 0.6 is 0 Å². The average molecular weight is 350 g/mol. The van der Waals surface area contributed by atoms with Crippen LogP contribution in [0.15, 0.2) is 43.0 Å². The summed E-state index contributed by atoms with van der Waals surface area (Å²) in [4.78, 5) is 23.4. The van der Waals surface area contributed by atoms with E-state index in [1.54, 1.807) is 30.2 Å². The van der Waals surface area contributed by atoms with E-state index in [-0.39, 0.29) is 5.91 Å². The summed E-state index contributed by atoms with van der Waals surface area (Å²) < 4.78 is 3.87. The van der Waals surface area contributed by atoms with Crippen LogP contribution in [0, 0.1) is 12.8 Å². The van der Waals surface area contributed by atoms with Crippen molar-refractivity contribution in [3.8, 4) is 11.4 Å². The van der Waals surface area contributed by atoms with Crippen LogP contribution in [0.3, 0.4) is 0 Å². The van der Waals surface area contributed by atoms with E-state index in [9.17, 15) is 4.79 Å². The summed E-state index contributed by atoms with van der Waals surface area (Å²) in [5.41, 5.74) is 2.78. The number of aryl methyl sites for hydroxylation is 2. The van der Waals surface area contributed by atoms with Gasteiger partial charge in [-0.1, -0.05) is 0 Å². The number of carbonyl (C=O) groups is 1. The Balaban J connectivity index is 1.49. The number of amides is 1. The molecule has 1 unspecified atom stereocenters. The van der Waals surface area contributed by atoms with E-state index in [1.807, 2.05) is 29.4 Å². The lowest BCUT2D eigenvalue weighted by molar-refractivity contribution is 0.0775. The molecule has 3 aromatic rings. The number of rotatable bonds is 4.